The van der Waals surface area contributed by atoms with Crippen LogP contribution in [0.2, 0.25) is 0 Å². The van der Waals surface area contributed by atoms with E-state index in [1.54, 1.807) is 0 Å². The van der Waals surface area contributed by atoms with Crippen molar-refractivity contribution in [2.24, 2.45) is 5.92 Å². The first-order valence-corrected chi connectivity index (χ1v) is 6.23. The molecule has 0 saturated heterocycles. The molecule has 2 nitrogen and oxygen atoms in total. The van der Waals surface area contributed by atoms with E-state index in [1.807, 2.05) is 0 Å². The molecule has 86 valence electrons. The molecule has 0 bridgehead atoms. The SMILES string of the molecule is CC(C)N(C(C)C)C1CCC(C#N)CC1. The molecule has 0 spiro atoms. The monoisotopic (exact) mass is 208 g/mol. The second kappa shape index (κ2) is 5.51. The van der Waals surface area contributed by atoms with Crippen molar-refractivity contribution < 1.29 is 0 Å². The van der Waals surface area contributed by atoms with Crippen molar-refractivity contribution in [3.05, 3.63) is 0 Å². The van der Waals surface area contributed by atoms with Crippen molar-refractivity contribution in [2.75, 3.05) is 0 Å². The summed E-state index contributed by atoms with van der Waals surface area (Å²) in [6.07, 6.45) is 4.59. The molecule has 0 atom stereocenters. The van der Waals surface area contributed by atoms with Crippen LogP contribution in [0.4, 0.5) is 0 Å². The van der Waals surface area contributed by atoms with Crippen LogP contribution in [0.25, 0.3) is 0 Å². The Morgan fingerprint density at radius 3 is 1.80 bits per heavy atom. The van der Waals surface area contributed by atoms with Gasteiger partial charge in [-0.05, 0) is 53.4 Å². The van der Waals surface area contributed by atoms with E-state index in [-0.39, 0.29) is 0 Å². The summed E-state index contributed by atoms with van der Waals surface area (Å²) < 4.78 is 0. The minimum Gasteiger partial charge on any atom is -0.296 e. The predicted molar refractivity (Wildman–Crippen MR) is 63.5 cm³/mol. The number of hydrogen-bond donors (Lipinski definition) is 0. The highest BCUT2D eigenvalue weighted by molar-refractivity contribution is 4.91. The first kappa shape index (κ1) is 12.5. The number of nitriles is 1. The van der Waals surface area contributed by atoms with Gasteiger partial charge in [-0.25, -0.2) is 0 Å². The number of nitrogens with zero attached hydrogens (tertiary/aromatic N) is 2. The summed E-state index contributed by atoms with van der Waals surface area (Å²) in [5, 5.41) is 8.87. The highest BCUT2D eigenvalue weighted by Gasteiger charge is 2.28. The molecule has 0 radical (unpaired) electrons. The molecule has 0 aromatic carbocycles. The highest BCUT2D eigenvalue weighted by Crippen LogP contribution is 2.29. The third-order valence-corrected chi connectivity index (χ3v) is 3.49. The minimum absolute atomic E-state index is 0.322. The van der Waals surface area contributed by atoms with Crippen molar-refractivity contribution in [3.8, 4) is 6.07 Å². The molecule has 1 saturated carbocycles. The van der Waals surface area contributed by atoms with Crippen molar-refractivity contribution >= 4 is 0 Å². The maximum absolute atomic E-state index is 8.87. The molecule has 1 fully saturated rings. The Kier molecular flexibility index (Phi) is 4.60. The van der Waals surface area contributed by atoms with Crippen molar-refractivity contribution in [1.29, 1.82) is 5.26 Å². The zero-order valence-electron chi connectivity index (χ0n) is 10.5. The molecule has 0 heterocycles. The maximum atomic E-state index is 8.87. The Morgan fingerprint density at radius 2 is 1.47 bits per heavy atom. The Bertz CT molecular complexity index is 211. The fourth-order valence-corrected chi connectivity index (χ4v) is 2.94. The van der Waals surface area contributed by atoms with E-state index in [0.717, 1.165) is 12.8 Å². The maximum Gasteiger partial charge on any atom is 0.0655 e. The van der Waals surface area contributed by atoms with Crippen LogP contribution in [-0.2, 0) is 0 Å². The van der Waals surface area contributed by atoms with Gasteiger partial charge in [-0.3, -0.25) is 4.90 Å². The van der Waals surface area contributed by atoms with Gasteiger partial charge >= 0.3 is 0 Å². The summed E-state index contributed by atoms with van der Waals surface area (Å²) in [6.45, 7) is 9.10. The van der Waals surface area contributed by atoms with Gasteiger partial charge < -0.3 is 0 Å². The van der Waals surface area contributed by atoms with Crippen molar-refractivity contribution in [3.63, 3.8) is 0 Å². The zero-order valence-corrected chi connectivity index (χ0v) is 10.5. The standard InChI is InChI=1S/C13H24N2/c1-10(2)15(11(3)4)13-7-5-12(9-14)6-8-13/h10-13H,5-8H2,1-4H3. The fraction of sp³-hybridized carbons (Fsp3) is 0.923. The molecule has 0 N–H and O–H groups in total. The molecule has 0 aromatic heterocycles. The summed E-state index contributed by atoms with van der Waals surface area (Å²) in [4.78, 5) is 2.60. The molecule has 0 amide bonds. The Balaban J connectivity index is 2.54. The lowest BCUT2D eigenvalue weighted by atomic mass is 9.85. The van der Waals surface area contributed by atoms with Crippen LogP contribution in [0.5, 0.6) is 0 Å². The highest BCUT2D eigenvalue weighted by atomic mass is 15.2. The number of hydrogen-bond acceptors (Lipinski definition) is 2. The fourth-order valence-electron chi connectivity index (χ4n) is 2.94. The van der Waals surface area contributed by atoms with Gasteiger partial charge in [-0.1, -0.05) is 0 Å². The quantitative estimate of drug-likeness (QED) is 0.712. The van der Waals surface area contributed by atoms with E-state index in [1.165, 1.54) is 12.8 Å². The van der Waals surface area contributed by atoms with Crippen LogP contribution in [0.15, 0.2) is 0 Å². The third kappa shape index (κ3) is 3.21. The average Bonchev–Trinajstić information content (AvgIpc) is 2.18. The first-order valence-electron chi connectivity index (χ1n) is 6.23. The van der Waals surface area contributed by atoms with E-state index in [4.69, 9.17) is 5.26 Å². The van der Waals surface area contributed by atoms with Crippen LogP contribution in [0, 0.1) is 17.2 Å². The minimum atomic E-state index is 0.322. The summed E-state index contributed by atoms with van der Waals surface area (Å²) in [5.74, 6) is 0.322. The molecular weight excluding hydrogens is 184 g/mol. The van der Waals surface area contributed by atoms with Gasteiger partial charge in [0, 0.05) is 24.0 Å². The lowest BCUT2D eigenvalue weighted by Crippen LogP contribution is -2.46. The third-order valence-electron chi connectivity index (χ3n) is 3.49. The Hall–Kier alpha value is -0.550. The Morgan fingerprint density at radius 1 is 1.00 bits per heavy atom. The van der Waals surface area contributed by atoms with Gasteiger partial charge in [0.05, 0.1) is 6.07 Å². The van der Waals surface area contributed by atoms with Crippen molar-refractivity contribution in [1.82, 2.24) is 4.90 Å². The van der Waals surface area contributed by atoms with Gasteiger partial charge in [-0.2, -0.15) is 5.26 Å². The van der Waals surface area contributed by atoms with Crippen LogP contribution >= 0.6 is 0 Å². The first-order chi connectivity index (χ1) is 7.06. The van der Waals surface area contributed by atoms with E-state index >= 15 is 0 Å². The molecule has 1 aliphatic rings. The topological polar surface area (TPSA) is 27.0 Å². The smallest absolute Gasteiger partial charge is 0.0655 e. The predicted octanol–water partition coefficient (Wildman–Crippen LogP) is 3.19. The largest absolute Gasteiger partial charge is 0.296 e. The van der Waals surface area contributed by atoms with Crippen LogP contribution in [-0.4, -0.2) is 23.0 Å². The number of rotatable bonds is 3. The van der Waals surface area contributed by atoms with Gasteiger partial charge in [0.2, 0.25) is 0 Å². The van der Waals surface area contributed by atoms with Gasteiger partial charge in [0.25, 0.3) is 0 Å². The molecule has 15 heavy (non-hydrogen) atoms. The van der Waals surface area contributed by atoms with E-state index in [0.29, 0.717) is 24.0 Å². The molecule has 1 aliphatic carbocycles. The van der Waals surface area contributed by atoms with Gasteiger partial charge in [0.1, 0.15) is 0 Å². The van der Waals surface area contributed by atoms with Crippen molar-refractivity contribution in [2.45, 2.75) is 71.5 Å². The van der Waals surface area contributed by atoms with E-state index in [9.17, 15) is 0 Å². The van der Waals surface area contributed by atoms with E-state index < -0.39 is 0 Å². The summed E-state index contributed by atoms with van der Waals surface area (Å²) >= 11 is 0. The van der Waals surface area contributed by atoms with Crippen LogP contribution in [0.1, 0.15) is 53.4 Å². The average molecular weight is 208 g/mol. The Labute approximate surface area is 94.3 Å². The molecule has 0 unspecified atom stereocenters. The lowest BCUT2D eigenvalue weighted by Gasteiger charge is -2.41. The summed E-state index contributed by atoms with van der Waals surface area (Å²) in [6, 6.07) is 4.34. The molecule has 2 heteroatoms. The van der Waals surface area contributed by atoms with E-state index in [2.05, 4.69) is 38.7 Å². The van der Waals surface area contributed by atoms with Gasteiger partial charge in [-0.15, -0.1) is 0 Å². The lowest BCUT2D eigenvalue weighted by molar-refractivity contribution is 0.0802. The molecule has 0 aliphatic heterocycles. The second-order valence-corrected chi connectivity index (χ2v) is 5.27. The summed E-state index contributed by atoms with van der Waals surface area (Å²) in [7, 11) is 0. The molecule has 0 aromatic rings. The van der Waals surface area contributed by atoms with Gasteiger partial charge in [0.15, 0.2) is 0 Å². The molecule has 1 rings (SSSR count). The normalized spacial score (nSPS) is 27.3. The van der Waals surface area contributed by atoms with Crippen LogP contribution in [0.3, 0.4) is 0 Å². The zero-order chi connectivity index (χ0) is 11.4. The summed E-state index contributed by atoms with van der Waals surface area (Å²) in [5.41, 5.74) is 0. The van der Waals surface area contributed by atoms with Crippen LogP contribution < -0.4 is 0 Å². The second-order valence-electron chi connectivity index (χ2n) is 5.27. The molecular formula is C13H24N2.